The fraction of sp³-hybridized carbons (Fsp3) is 0.300. The van der Waals surface area contributed by atoms with Gasteiger partial charge in [-0.05, 0) is 17.7 Å². The number of fused-ring (bicyclic) bond motifs is 1. The molecule has 0 aliphatic rings. The molecule has 6 nitrogen and oxygen atoms in total. The molecule has 3 aromatic rings. The smallest absolute Gasteiger partial charge is 0.274 e. The Morgan fingerprint density at radius 1 is 1.12 bits per heavy atom. The van der Waals surface area contributed by atoms with E-state index in [9.17, 15) is 9.59 Å². The molecule has 0 saturated carbocycles. The van der Waals surface area contributed by atoms with Crippen LogP contribution in [-0.2, 0) is 17.9 Å². The molecule has 6 heteroatoms. The Hall–Kier alpha value is -3.02. The van der Waals surface area contributed by atoms with Crippen LogP contribution in [0.3, 0.4) is 0 Å². The van der Waals surface area contributed by atoms with Gasteiger partial charge in [0.1, 0.15) is 0 Å². The first-order valence-corrected chi connectivity index (χ1v) is 8.52. The van der Waals surface area contributed by atoms with Crippen LogP contribution in [0.4, 0.5) is 0 Å². The van der Waals surface area contributed by atoms with Crippen LogP contribution < -0.4 is 10.9 Å². The van der Waals surface area contributed by atoms with E-state index in [1.54, 1.807) is 18.5 Å². The second-order valence-electron chi connectivity index (χ2n) is 7.25. The number of aromatic nitrogens is 3. The lowest BCUT2D eigenvalue weighted by molar-refractivity contribution is -0.128. The second-order valence-corrected chi connectivity index (χ2v) is 7.25. The highest BCUT2D eigenvalue weighted by Gasteiger charge is 2.21. The zero-order valence-electron chi connectivity index (χ0n) is 15.2. The highest BCUT2D eigenvalue weighted by Crippen LogP contribution is 2.16. The van der Waals surface area contributed by atoms with E-state index >= 15 is 0 Å². The van der Waals surface area contributed by atoms with Crippen molar-refractivity contribution in [1.82, 2.24) is 20.1 Å². The SMILES string of the molecule is CC(C)(C)C(=O)NCc1nn(Cc2cccnc2)c(=O)c2ccccc12. The summed E-state index contributed by atoms with van der Waals surface area (Å²) in [5.74, 6) is -0.0617. The number of hydrogen-bond acceptors (Lipinski definition) is 4. The molecule has 2 aromatic heterocycles. The van der Waals surface area contributed by atoms with Gasteiger partial charge in [-0.15, -0.1) is 0 Å². The predicted octanol–water partition coefficient (Wildman–Crippen LogP) is 2.50. The topological polar surface area (TPSA) is 76.9 Å². The van der Waals surface area contributed by atoms with E-state index in [2.05, 4.69) is 15.4 Å². The lowest BCUT2D eigenvalue weighted by Crippen LogP contribution is -2.35. The predicted molar refractivity (Wildman–Crippen MR) is 101 cm³/mol. The molecule has 0 atom stereocenters. The van der Waals surface area contributed by atoms with Gasteiger partial charge in [0.15, 0.2) is 0 Å². The maximum absolute atomic E-state index is 12.8. The third-order valence-electron chi connectivity index (χ3n) is 4.10. The molecule has 0 spiro atoms. The monoisotopic (exact) mass is 350 g/mol. The standard InChI is InChI=1S/C20H22N4O2/c1-20(2,3)19(26)22-12-17-15-8-4-5-9-16(15)18(25)24(23-17)13-14-7-6-10-21-11-14/h4-11H,12-13H2,1-3H3,(H,22,26). The normalized spacial score (nSPS) is 11.5. The van der Waals surface area contributed by atoms with Gasteiger partial charge >= 0.3 is 0 Å². The summed E-state index contributed by atoms with van der Waals surface area (Å²) in [6.45, 7) is 6.17. The molecular formula is C20H22N4O2. The van der Waals surface area contributed by atoms with Crippen LogP contribution in [-0.4, -0.2) is 20.7 Å². The van der Waals surface area contributed by atoms with Crippen molar-refractivity contribution < 1.29 is 4.79 Å². The molecule has 3 rings (SSSR count). The zero-order chi connectivity index (χ0) is 18.7. The lowest BCUT2D eigenvalue weighted by Gasteiger charge is -2.18. The van der Waals surface area contributed by atoms with Crippen LogP contribution in [0, 0.1) is 5.41 Å². The van der Waals surface area contributed by atoms with Crippen LogP contribution in [0.5, 0.6) is 0 Å². The van der Waals surface area contributed by atoms with E-state index in [0.29, 0.717) is 17.6 Å². The molecule has 0 radical (unpaired) electrons. The van der Waals surface area contributed by atoms with Gasteiger partial charge in [-0.1, -0.05) is 45.0 Å². The number of nitrogens with one attached hydrogen (secondary N) is 1. The summed E-state index contributed by atoms with van der Waals surface area (Å²) < 4.78 is 1.43. The van der Waals surface area contributed by atoms with Crippen LogP contribution in [0.15, 0.2) is 53.6 Å². The van der Waals surface area contributed by atoms with Gasteiger partial charge in [-0.25, -0.2) is 4.68 Å². The van der Waals surface area contributed by atoms with Crippen molar-refractivity contribution in [1.29, 1.82) is 0 Å². The molecule has 1 amide bonds. The minimum absolute atomic E-state index is 0.0617. The molecule has 0 saturated heterocycles. The van der Waals surface area contributed by atoms with Gasteiger partial charge in [0.05, 0.1) is 24.2 Å². The summed E-state index contributed by atoms with van der Waals surface area (Å²) in [7, 11) is 0. The molecule has 0 aliphatic carbocycles. The average molecular weight is 350 g/mol. The van der Waals surface area contributed by atoms with E-state index < -0.39 is 5.41 Å². The molecular weight excluding hydrogens is 328 g/mol. The quantitative estimate of drug-likeness (QED) is 0.784. The van der Waals surface area contributed by atoms with Crippen molar-refractivity contribution >= 4 is 16.7 Å². The first kappa shape index (κ1) is 17.8. The van der Waals surface area contributed by atoms with Gasteiger partial charge in [0.2, 0.25) is 5.91 Å². The Bertz CT molecular complexity index is 988. The summed E-state index contributed by atoms with van der Waals surface area (Å²) in [5, 5.41) is 8.77. The number of benzene rings is 1. The van der Waals surface area contributed by atoms with Crippen molar-refractivity contribution in [2.75, 3.05) is 0 Å². The van der Waals surface area contributed by atoms with E-state index in [4.69, 9.17) is 0 Å². The van der Waals surface area contributed by atoms with Gasteiger partial charge in [-0.3, -0.25) is 14.6 Å². The fourth-order valence-corrected chi connectivity index (χ4v) is 2.64. The number of rotatable bonds is 4. The van der Waals surface area contributed by atoms with E-state index in [1.165, 1.54) is 4.68 Å². The highest BCUT2D eigenvalue weighted by molar-refractivity contribution is 5.85. The second kappa shape index (κ2) is 7.07. The highest BCUT2D eigenvalue weighted by atomic mass is 16.2. The van der Waals surface area contributed by atoms with Gasteiger partial charge < -0.3 is 5.32 Å². The Morgan fingerprint density at radius 3 is 2.50 bits per heavy atom. The molecule has 1 aromatic carbocycles. The minimum Gasteiger partial charge on any atom is -0.350 e. The molecule has 0 aliphatic heterocycles. The third-order valence-corrected chi connectivity index (χ3v) is 4.10. The maximum atomic E-state index is 12.8. The summed E-state index contributed by atoms with van der Waals surface area (Å²) in [6.07, 6.45) is 3.40. The molecule has 0 unspecified atom stereocenters. The fourth-order valence-electron chi connectivity index (χ4n) is 2.64. The number of carbonyl (C=O) groups excluding carboxylic acids is 1. The first-order valence-electron chi connectivity index (χ1n) is 8.52. The molecule has 134 valence electrons. The number of hydrogen-bond donors (Lipinski definition) is 1. The Balaban J connectivity index is 2.00. The molecule has 2 heterocycles. The number of pyridine rings is 1. The third kappa shape index (κ3) is 3.79. The minimum atomic E-state index is -0.486. The van der Waals surface area contributed by atoms with Crippen molar-refractivity contribution in [2.45, 2.75) is 33.9 Å². The van der Waals surface area contributed by atoms with Gasteiger partial charge in [0.25, 0.3) is 5.56 Å². The summed E-state index contributed by atoms with van der Waals surface area (Å²) in [5.41, 5.74) is 0.916. The van der Waals surface area contributed by atoms with Crippen molar-refractivity contribution in [3.05, 3.63) is 70.4 Å². The zero-order valence-corrected chi connectivity index (χ0v) is 15.2. The molecule has 1 N–H and O–H groups in total. The maximum Gasteiger partial charge on any atom is 0.274 e. The van der Waals surface area contributed by atoms with Crippen LogP contribution >= 0.6 is 0 Å². The van der Waals surface area contributed by atoms with Crippen molar-refractivity contribution in [3.63, 3.8) is 0 Å². The van der Waals surface area contributed by atoms with Crippen LogP contribution in [0.25, 0.3) is 10.8 Å². The van der Waals surface area contributed by atoms with Gasteiger partial charge in [0, 0.05) is 23.2 Å². The van der Waals surface area contributed by atoms with Gasteiger partial charge in [-0.2, -0.15) is 5.10 Å². The number of amides is 1. The Labute approximate surface area is 151 Å². The van der Waals surface area contributed by atoms with Crippen LogP contribution in [0.2, 0.25) is 0 Å². The molecule has 0 bridgehead atoms. The molecule has 26 heavy (non-hydrogen) atoms. The Morgan fingerprint density at radius 2 is 1.85 bits per heavy atom. The van der Waals surface area contributed by atoms with Crippen molar-refractivity contribution in [2.24, 2.45) is 5.41 Å². The molecule has 0 fully saturated rings. The first-order chi connectivity index (χ1) is 12.4. The van der Waals surface area contributed by atoms with E-state index in [1.807, 2.05) is 51.1 Å². The number of carbonyl (C=O) groups is 1. The van der Waals surface area contributed by atoms with Crippen molar-refractivity contribution in [3.8, 4) is 0 Å². The summed E-state index contributed by atoms with van der Waals surface area (Å²) in [4.78, 5) is 29.1. The Kier molecular flexibility index (Phi) is 4.84. The summed E-state index contributed by atoms with van der Waals surface area (Å²) in [6, 6.07) is 11.1. The summed E-state index contributed by atoms with van der Waals surface area (Å²) >= 11 is 0. The lowest BCUT2D eigenvalue weighted by atomic mass is 9.95. The van der Waals surface area contributed by atoms with E-state index in [-0.39, 0.29) is 18.0 Å². The van der Waals surface area contributed by atoms with E-state index in [0.717, 1.165) is 10.9 Å². The van der Waals surface area contributed by atoms with Crippen LogP contribution in [0.1, 0.15) is 32.0 Å². The largest absolute Gasteiger partial charge is 0.350 e. The number of nitrogens with zero attached hydrogens (tertiary/aromatic N) is 3. The average Bonchev–Trinajstić information content (AvgIpc) is 2.63.